The average molecular weight is 364 g/mol. The van der Waals surface area contributed by atoms with Gasteiger partial charge in [0, 0.05) is 15.1 Å². The Kier molecular flexibility index (Phi) is 3.59. The number of rotatable bonds is 1. The molecule has 0 aromatic heterocycles. The molecule has 0 unspecified atom stereocenters. The lowest BCUT2D eigenvalue weighted by Crippen LogP contribution is -2.14. The van der Waals surface area contributed by atoms with E-state index in [0.29, 0.717) is 10.7 Å². The van der Waals surface area contributed by atoms with Crippen molar-refractivity contribution in [2.24, 2.45) is 4.99 Å². The van der Waals surface area contributed by atoms with Crippen LogP contribution in [-0.4, -0.2) is 11.6 Å². The average Bonchev–Trinajstić information content (AvgIpc) is 2.72. The Morgan fingerprint density at radius 1 is 1.14 bits per heavy atom. The third kappa shape index (κ3) is 2.61. The van der Waals surface area contributed by atoms with Crippen LogP contribution in [0.25, 0.3) is 0 Å². The molecule has 1 heterocycles. The van der Waals surface area contributed by atoms with Crippen LogP contribution in [0.1, 0.15) is 16.7 Å². The van der Waals surface area contributed by atoms with Crippen molar-refractivity contribution >= 4 is 50.5 Å². The standard InChI is InChI=1S/C16H12BrClN2O/c1-8-6-14(9(2)5-12(8)17)19-15-11-7-10(18)3-4-13(11)20-16(15)21/h3-7H,1-2H3,(H,19,20,21). The molecular weight excluding hydrogens is 352 g/mol. The van der Waals surface area contributed by atoms with Gasteiger partial charge in [-0.3, -0.25) is 4.79 Å². The molecule has 5 heteroatoms. The SMILES string of the molecule is Cc1cc(N=C2C(=O)Nc3ccc(Cl)cc32)c(C)cc1Br. The number of amides is 1. The molecule has 1 aliphatic rings. The molecule has 106 valence electrons. The Labute approximate surface area is 136 Å². The largest absolute Gasteiger partial charge is 0.320 e. The molecule has 3 nitrogen and oxygen atoms in total. The lowest BCUT2D eigenvalue weighted by atomic mass is 10.1. The number of benzene rings is 2. The number of anilines is 1. The van der Waals surface area contributed by atoms with Gasteiger partial charge in [-0.05, 0) is 55.3 Å². The molecule has 0 aliphatic carbocycles. The normalized spacial score (nSPS) is 15.2. The summed E-state index contributed by atoms with van der Waals surface area (Å²) in [7, 11) is 0. The van der Waals surface area contributed by atoms with E-state index in [4.69, 9.17) is 11.6 Å². The second kappa shape index (κ2) is 5.28. The molecule has 0 radical (unpaired) electrons. The van der Waals surface area contributed by atoms with E-state index >= 15 is 0 Å². The van der Waals surface area contributed by atoms with Crippen LogP contribution in [0.3, 0.4) is 0 Å². The maximum Gasteiger partial charge on any atom is 0.275 e. The van der Waals surface area contributed by atoms with Gasteiger partial charge < -0.3 is 5.32 Å². The number of fused-ring (bicyclic) bond motifs is 1. The van der Waals surface area contributed by atoms with E-state index in [9.17, 15) is 4.79 Å². The van der Waals surface area contributed by atoms with Crippen molar-refractivity contribution in [3.63, 3.8) is 0 Å². The van der Waals surface area contributed by atoms with E-state index in [0.717, 1.165) is 32.5 Å². The van der Waals surface area contributed by atoms with Crippen LogP contribution in [0.4, 0.5) is 11.4 Å². The summed E-state index contributed by atoms with van der Waals surface area (Å²) >= 11 is 9.51. The smallest absolute Gasteiger partial charge is 0.275 e. The predicted octanol–water partition coefficient (Wildman–Crippen LogP) is 4.79. The zero-order valence-electron chi connectivity index (χ0n) is 11.5. The van der Waals surface area contributed by atoms with Crippen molar-refractivity contribution in [2.75, 3.05) is 5.32 Å². The van der Waals surface area contributed by atoms with Gasteiger partial charge in [0.2, 0.25) is 0 Å². The lowest BCUT2D eigenvalue weighted by molar-refractivity contribution is -0.110. The fourth-order valence-electron chi connectivity index (χ4n) is 2.24. The molecule has 0 fully saturated rings. The van der Waals surface area contributed by atoms with Crippen LogP contribution in [0.5, 0.6) is 0 Å². The molecule has 1 N–H and O–H groups in total. The number of nitrogens with one attached hydrogen (secondary N) is 1. The van der Waals surface area contributed by atoms with Gasteiger partial charge in [0.05, 0.1) is 11.4 Å². The number of hydrogen-bond acceptors (Lipinski definition) is 2. The summed E-state index contributed by atoms with van der Waals surface area (Å²) in [5.74, 6) is -0.202. The van der Waals surface area contributed by atoms with Crippen molar-refractivity contribution in [1.82, 2.24) is 0 Å². The van der Waals surface area contributed by atoms with Gasteiger partial charge in [-0.1, -0.05) is 27.5 Å². The monoisotopic (exact) mass is 362 g/mol. The van der Waals surface area contributed by atoms with Crippen LogP contribution in [-0.2, 0) is 4.79 Å². The Bertz CT molecular complexity index is 799. The highest BCUT2D eigenvalue weighted by molar-refractivity contribution is 9.10. The van der Waals surface area contributed by atoms with Gasteiger partial charge in [-0.15, -0.1) is 0 Å². The quantitative estimate of drug-likeness (QED) is 0.777. The number of aliphatic imine (C=N–C) groups is 1. The summed E-state index contributed by atoms with van der Waals surface area (Å²) in [5.41, 5.74) is 4.75. The zero-order valence-corrected chi connectivity index (χ0v) is 13.8. The lowest BCUT2D eigenvalue weighted by Gasteiger charge is -2.06. The first-order chi connectivity index (χ1) is 9.95. The minimum Gasteiger partial charge on any atom is -0.320 e. The van der Waals surface area contributed by atoms with Gasteiger partial charge in [0.25, 0.3) is 5.91 Å². The minimum absolute atomic E-state index is 0.202. The fourth-order valence-corrected chi connectivity index (χ4v) is 2.87. The first kappa shape index (κ1) is 14.3. The molecule has 0 spiro atoms. The van der Waals surface area contributed by atoms with Crippen LogP contribution in [0.2, 0.25) is 5.02 Å². The van der Waals surface area contributed by atoms with Crippen molar-refractivity contribution in [1.29, 1.82) is 0 Å². The maximum absolute atomic E-state index is 12.1. The molecule has 1 amide bonds. The second-order valence-electron chi connectivity index (χ2n) is 4.99. The molecule has 2 aromatic rings. The molecule has 0 saturated carbocycles. The van der Waals surface area contributed by atoms with Gasteiger partial charge in [-0.25, -0.2) is 4.99 Å². The fraction of sp³-hybridized carbons (Fsp3) is 0.125. The number of halogens is 2. The summed E-state index contributed by atoms with van der Waals surface area (Å²) in [6, 6.07) is 9.26. The topological polar surface area (TPSA) is 41.5 Å². The molecule has 1 aliphatic heterocycles. The molecule has 0 saturated heterocycles. The van der Waals surface area contributed by atoms with Crippen LogP contribution < -0.4 is 5.32 Å². The van der Waals surface area contributed by atoms with Crippen molar-refractivity contribution in [3.05, 3.63) is 56.5 Å². The third-order valence-corrected chi connectivity index (χ3v) is 4.50. The summed E-state index contributed by atoms with van der Waals surface area (Å²) in [5, 5.41) is 3.39. The molecule has 3 rings (SSSR count). The molecule has 2 aromatic carbocycles. The Hall–Kier alpha value is -1.65. The van der Waals surface area contributed by atoms with Gasteiger partial charge in [-0.2, -0.15) is 0 Å². The van der Waals surface area contributed by atoms with Crippen molar-refractivity contribution < 1.29 is 4.79 Å². The van der Waals surface area contributed by atoms with Gasteiger partial charge in [0.1, 0.15) is 5.71 Å². The summed E-state index contributed by atoms with van der Waals surface area (Å²) in [4.78, 5) is 16.7. The zero-order chi connectivity index (χ0) is 15.1. The highest BCUT2D eigenvalue weighted by Crippen LogP contribution is 2.31. The Balaban J connectivity index is 2.15. The summed E-state index contributed by atoms with van der Waals surface area (Å²) in [6.45, 7) is 3.96. The molecule has 0 atom stereocenters. The number of carbonyl (C=O) groups is 1. The van der Waals surface area contributed by atoms with E-state index in [2.05, 4.69) is 26.2 Å². The maximum atomic E-state index is 12.1. The van der Waals surface area contributed by atoms with E-state index < -0.39 is 0 Å². The number of hydrogen-bond donors (Lipinski definition) is 1. The first-order valence-electron chi connectivity index (χ1n) is 6.42. The van der Waals surface area contributed by atoms with Crippen molar-refractivity contribution in [3.8, 4) is 0 Å². The molecule has 21 heavy (non-hydrogen) atoms. The molecule has 0 bridgehead atoms. The van der Waals surface area contributed by atoms with E-state index in [1.165, 1.54) is 0 Å². The number of nitrogens with zero attached hydrogens (tertiary/aromatic N) is 1. The van der Waals surface area contributed by atoms with Gasteiger partial charge >= 0.3 is 0 Å². The minimum atomic E-state index is -0.202. The van der Waals surface area contributed by atoms with Crippen LogP contribution >= 0.6 is 27.5 Å². The van der Waals surface area contributed by atoms with Crippen molar-refractivity contribution in [2.45, 2.75) is 13.8 Å². The Morgan fingerprint density at radius 2 is 1.90 bits per heavy atom. The summed E-state index contributed by atoms with van der Waals surface area (Å²) < 4.78 is 1.03. The number of aryl methyl sites for hydroxylation is 2. The van der Waals surface area contributed by atoms with E-state index in [-0.39, 0.29) is 5.91 Å². The van der Waals surface area contributed by atoms with Crippen LogP contribution in [0.15, 0.2) is 39.8 Å². The summed E-state index contributed by atoms with van der Waals surface area (Å²) in [6.07, 6.45) is 0. The van der Waals surface area contributed by atoms with E-state index in [1.54, 1.807) is 18.2 Å². The van der Waals surface area contributed by atoms with Crippen LogP contribution in [0, 0.1) is 13.8 Å². The predicted molar refractivity (Wildman–Crippen MR) is 89.9 cm³/mol. The molecular formula is C16H12BrClN2O. The third-order valence-electron chi connectivity index (χ3n) is 3.41. The van der Waals surface area contributed by atoms with E-state index in [1.807, 2.05) is 26.0 Å². The Morgan fingerprint density at radius 3 is 2.67 bits per heavy atom. The second-order valence-corrected chi connectivity index (χ2v) is 6.28. The highest BCUT2D eigenvalue weighted by Gasteiger charge is 2.26. The van der Waals surface area contributed by atoms with Gasteiger partial charge in [0.15, 0.2) is 0 Å². The number of carbonyl (C=O) groups excluding carboxylic acids is 1. The highest BCUT2D eigenvalue weighted by atomic mass is 79.9. The first-order valence-corrected chi connectivity index (χ1v) is 7.59.